The van der Waals surface area contributed by atoms with Gasteiger partial charge in [0.15, 0.2) is 23.0 Å². The summed E-state index contributed by atoms with van der Waals surface area (Å²) < 4.78 is 23.1. The Balaban J connectivity index is 1.47. The zero-order valence-electron chi connectivity index (χ0n) is 20.1. The molecule has 0 saturated carbocycles. The van der Waals surface area contributed by atoms with Crippen molar-refractivity contribution in [2.45, 2.75) is 25.7 Å². The van der Waals surface area contributed by atoms with Gasteiger partial charge in [0.2, 0.25) is 0 Å². The number of nitrogens with two attached hydrogens (primary N) is 1. The fourth-order valence-electron chi connectivity index (χ4n) is 3.84. The zero-order valence-corrected chi connectivity index (χ0v) is 20.1. The summed E-state index contributed by atoms with van der Waals surface area (Å²) in [7, 11) is 3.28. The molecule has 0 fully saturated rings. The number of hydrogen-bond acceptors (Lipinski definition) is 5. The van der Waals surface area contributed by atoms with Crippen molar-refractivity contribution >= 4 is 0 Å². The van der Waals surface area contributed by atoms with Crippen molar-refractivity contribution in [3.05, 3.63) is 119 Å². The van der Waals surface area contributed by atoms with Crippen LogP contribution in [-0.2, 0) is 19.6 Å². The maximum atomic E-state index is 6.61. The largest absolute Gasteiger partial charge is 0.493 e. The molecule has 0 radical (unpaired) electrons. The van der Waals surface area contributed by atoms with Gasteiger partial charge in [0.05, 0.1) is 14.2 Å². The van der Waals surface area contributed by atoms with E-state index < -0.39 is 0 Å². The molecule has 0 aromatic heterocycles. The summed E-state index contributed by atoms with van der Waals surface area (Å²) in [4.78, 5) is 0. The number of methoxy groups -OCH3 is 2. The maximum absolute atomic E-state index is 6.61. The summed E-state index contributed by atoms with van der Waals surface area (Å²) in [5.74, 6) is 2.74. The molecule has 1 atom stereocenters. The summed E-state index contributed by atoms with van der Waals surface area (Å²) >= 11 is 0. The van der Waals surface area contributed by atoms with Gasteiger partial charge in [0.1, 0.15) is 13.2 Å². The quantitative estimate of drug-likeness (QED) is 0.287. The molecule has 5 nitrogen and oxygen atoms in total. The van der Waals surface area contributed by atoms with Crippen LogP contribution in [0.15, 0.2) is 97.1 Å². The second-order valence-electron chi connectivity index (χ2n) is 8.25. The normalized spacial score (nSPS) is 11.5. The molecule has 2 N–H and O–H groups in total. The minimum atomic E-state index is -0.227. The molecule has 0 amide bonds. The molecule has 0 heterocycles. The second-order valence-corrected chi connectivity index (χ2v) is 8.25. The molecule has 0 aliphatic heterocycles. The van der Waals surface area contributed by atoms with Gasteiger partial charge in [-0.25, -0.2) is 0 Å². The molecule has 0 aliphatic carbocycles. The molecular weight excluding hydrogens is 438 g/mol. The van der Waals surface area contributed by atoms with Gasteiger partial charge in [-0.05, 0) is 52.9 Å². The lowest BCUT2D eigenvalue weighted by Crippen LogP contribution is -2.14. The van der Waals surface area contributed by atoms with Crippen molar-refractivity contribution in [3.63, 3.8) is 0 Å². The first-order valence-corrected chi connectivity index (χ1v) is 11.6. The number of hydrogen-bond donors (Lipinski definition) is 1. The molecule has 180 valence electrons. The van der Waals surface area contributed by atoms with E-state index in [0.717, 1.165) is 22.3 Å². The summed E-state index contributed by atoms with van der Waals surface area (Å²) in [6.45, 7) is 0.920. The van der Waals surface area contributed by atoms with Crippen LogP contribution in [0.5, 0.6) is 23.0 Å². The molecule has 0 aliphatic rings. The SMILES string of the molecule is COc1ccc(CC(N)c2ccc(OC)c(OCc3ccccc3)c2)cc1OCc1ccccc1. The van der Waals surface area contributed by atoms with Crippen molar-refractivity contribution in [3.8, 4) is 23.0 Å². The minimum absolute atomic E-state index is 0.227. The molecule has 1 unspecified atom stereocenters. The third kappa shape index (κ3) is 6.55. The number of ether oxygens (including phenoxy) is 4. The van der Waals surface area contributed by atoms with E-state index in [-0.39, 0.29) is 6.04 Å². The van der Waals surface area contributed by atoms with Crippen LogP contribution in [0.25, 0.3) is 0 Å². The van der Waals surface area contributed by atoms with Crippen LogP contribution < -0.4 is 24.7 Å². The highest BCUT2D eigenvalue weighted by atomic mass is 16.5. The molecule has 4 aromatic rings. The summed E-state index contributed by atoms with van der Waals surface area (Å²) in [6.07, 6.45) is 0.635. The predicted octanol–water partition coefficient (Wildman–Crippen LogP) is 6.10. The Morgan fingerprint density at radius 3 is 1.63 bits per heavy atom. The van der Waals surface area contributed by atoms with Crippen LogP contribution in [0.3, 0.4) is 0 Å². The van der Waals surface area contributed by atoms with Crippen molar-refractivity contribution < 1.29 is 18.9 Å². The molecule has 5 heteroatoms. The summed E-state index contributed by atoms with van der Waals surface area (Å²) in [6, 6.07) is 31.6. The fraction of sp³-hybridized carbons (Fsp3) is 0.200. The predicted molar refractivity (Wildman–Crippen MR) is 138 cm³/mol. The standard InChI is InChI=1S/C30H31NO4/c1-32-27-15-13-24(18-29(27)34-20-22-9-5-3-6-10-22)17-26(31)25-14-16-28(33-2)30(19-25)35-21-23-11-7-4-8-12-23/h3-16,18-19,26H,17,20-21,31H2,1-2H3. The molecule has 0 spiro atoms. The zero-order chi connectivity index (χ0) is 24.5. The highest BCUT2D eigenvalue weighted by molar-refractivity contribution is 5.46. The van der Waals surface area contributed by atoms with Crippen LogP contribution in [0.2, 0.25) is 0 Å². The van der Waals surface area contributed by atoms with Crippen LogP contribution in [-0.4, -0.2) is 14.2 Å². The molecule has 35 heavy (non-hydrogen) atoms. The summed E-state index contributed by atoms with van der Waals surface area (Å²) in [5.41, 5.74) is 10.8. The molecule has 0 bridgehead atoms. The average Bonchev–Trinajstić information content (AvgIpc) is 2.91. The first-order chi connectivity index (χ1) is 17.2. The van der Waals surface area contributed by atoms with Gasteiger partial charge >= 0.3 is 0 Å². The lowest BCUT2D eigenvalue weighted by molar-refractivity contribution is 0.283. The maximum Gasteiger partial charge on any atom is 0.161 e. The molecule has 0 saturated heterocycles. The first kappa shape index (κ1) is 24.2. The molecular formula is C30H31NO4. The van der Waals surface area contributed by atoms with Gasteiger partial charge in [0.25, 0.3) is 0 Å². The molecule has 4 rings (SSSR count). The fourth-order valence-corrected chi connectivity index (χ4v) is 3.84. The van der Waals surface area contributed by atoms with Crippen molar-refractivity contribution in [2.75, 3.05) is 14.2 Å². The Hall–Kier alpha value is -3.96. The van der Waals surface area contributed by atoms with Gasteiger partial charge in [0, 0.05) is 6.04 Å². The Morgan fingerprint density at radius 1 is 0.571 bits per heavy atom. The lowest BCUT2D eigenvalue weighted by Gasteiger charge is -2.17. The lowest BCUT2D eigenvalue weighted by atomic mass is 9.99. The van der Waals surface area contributed by atoms with Crippen LogP contribution in [0.4, 0.5) is 0 Å². The van der Waals surface area contributed by atoms with Gasteiger partial charge in [-0.3, -0.25) is 0 Å². The van der Waals surface area contributed by atoms with E-state index in [1.165, 1.54) is 0 Å². The smallest absolute Gasteiger partial charge is 0.161 e. The van der Waals surface area contributed by atoms with E-state index in [0.29, 0.717) is 42.6 Å². The van der Waals surface area contributed by atoms with Crippen molar-refractivity contribution in [1.29, 1.82) is 0 Å². The summed E-state index contributed by atoms with van der Waals surface area (Å²) in [5, 5.41) is 0. The van der Waals surface area contributed by atoms with Gasteiger partial charge < -0.3 is 24.7 Å². The van der Waals surface area contributed by atoms with E-state index in [9.17, 15) is 0 Å². The Morgan fingerprint density at radius 2 is 1.09 bits per heavy atom. The third-order valence-electron chi connectivity index (χ3n) is 5.77. The molecule has 4 aromatic carbocycles. The monoisotopic (exact) mass is 469 g/mol. The van der Waals surface area contributed by atoms with E-state index in [1.807, 2.05) is 97.1 Å². The van der Waals surface area contributed by atoms with E-state index in [1.54, 1.807) is 14.2 Å². The van der Waals surface area contributed by atoms with Gasteiger partial charge in [-0.2, -0.15) is 0 Å². The van der Waals surface area contributed by atoms with Gasteiger partial charge in [-0.1, -0.05) is 72.8 Å². The topological polar surface area (TPSA) is 62.9 Å². The van der Waals surface area contributed by atoms with E-state index in [4.69, 9.17) is 24.7 Å². The number of benzene rings is 4. The third-order valence-corrected chi connectivity index (χ3v) is 5.77. The van der Waals surface area contributed by atoms with Crippen molar-refractivity contribution in [1.82, 2.24) is 0 Å². The Bertz CT molecular complexity index is 1210. The van der Waals surface area contributed by atoms with Crippen molar-refractivity contribution in [2.24, 2.45) is 5.73 Å². The average molecular weight is 470 g/mol. The van der Waals surface area contributed by atoms with E-state index >= 15 is 0 Å². The minimum Gasteiger partial charge on any atom is -0.493 e. The van der Waals surface area contributed by atoms with E-state index in [2.05, 4.69) is 0 Å². The van der Waals surface area contributed by atoms with Crippen LogP contribution in [0, 0.1) is 0 Å². The Kier molecular flexibility index (Phi) is 8.25. The first-order valence-electron chi connectivity index (χ1n) is 11.6. The second kappa shape index (κ2) is 12.0. The van der Waals surface area contributed by atoms with Crippen LogP contribution in [0.1, 0.15) is 28.3 Å². The number of rotatable bonds is 11. The highest BCUT2D eigenvalue weighted by Crippen LogP contribution is 2.33. The Labute approximate surface area is 207 Å². The highest BCUT2D eigenvalue weighted by Gasteiger charge is 2.14. The van der Waals surface area contributed by atoms with Gasteiger partial charge in [-0.15, -0.1) is 0 Å². The van der Waals surface area contributed by atoms with Crippen LogP contribution >= 0.6 is 0 Å².